The van der Waals surface area contributed by atoms with E-state index >= 15 is 0 Å². The second-order valence-electron chi connectivity index (χ2n) is 3.34. The fourth-order valence-corrected chi connectivity index (χ4v) is 2.58. The Bertz CT molecular complexity index is 521. The number of carbonyl (C=O) groups is 2. The highest BCUT2D eigenvalue weighted by molar-refractivity contribution is 8.01. The fraction of sp³-hybridized carbons (Fsp3) is 0.333. The van der Waals surface area contributed by atoms with Crippen LogP contribution in [0.25, 0.3) is 0 Å². The van der Waals surface area contributed by atoms with Gasteiger partial charge in [-0.25, -0.2) is 9.55 Å². The number of nitrogens with one attached hydrogen (secondary N) is 1. The maximum absolute atomic E-state index is 11.7. The van der Waals surface area contributed by atoms with Crippen molar-refractivity contribution in [1.29, 1.82) is 5.41 Å². The Balaban J connectivity index is 2.60. The summed E-state index contributed by atoms with van der Waals surface area (Å²) in [6.45, 7) is 3.14. The number of ketones is 1. The first kappa shape index (κ1) is 10.1. The van der Waals surface area contributed by atoms with Crippen molar-refractivity contribution in [3.63, 3.8) is 0 Å². The largest absolute Gasteiger partial charge is 0.298 e. The predicted octanol–water partition coefficient (Wildman–Crippen LogP) is 0.374. The van der Waals surface area contributed by atoms with Gasteiger partial charge in [0.1, 0.15) is 5.25 Å². The zero-order chi connectivity index (χ0) is 11.2. The summed E-state index contributed by atoms with van der Waals surface area (Å²) in [6.07, 6.45) is 0. The van der Waals surface area contributed by atoms with E-state index in [1.165, 1.54) is 23.3 Å². The number of nitrogens with zero attached hydrogens (tertiary/aromatic N) is 2. The van der Waals surface area contributed by atoms with E-state index in [0.717, 1.165) is 0 Å². The molecule has 78 valence electrons. The van der Waals surface area contributed by atoms with Gasteiger partial charge in [-0.15, -0.1) is 0 Å². The summed E-state index contributed by atoms with van der Waals surface area (Å²) < 4.78 is 1.18. The van der Waals surface area contributed by atoms with Gasteiger partial charge in [-0.3, -0.25) is 15.0 Å². The highest BCUT2D eigenvalue weighted by Crippen LogP contribution is 2.30. The van der Waals surface area contributed by atoms with E-state index in [4.69, 9.17) is 5.41 Å². The summed E-state index contributed by atoms with van der Waals surface area (Å²) in [5, 5.41) is 7.47. The molecule has 0 aromatic carbocycles. The minimum atomic E-state index is -0.710. The van der Waals surface area contributed by atoms with Crippen LogP contribution in [0.3, 0.4) is 0 Å². The lowest BCUT2D eigenvalue weighted by Gasteiger charge is -2.00. The first-order chi connectivity index (χ1) is 7.00. The molecule has 1 aromatic rings. The molecule has 1 aromatic heterocycles. The Hall–Kier alpha value is -1.43. The standard InChI is InChI=1S/C9H9N3O2S/c1-4-3-6-12(9(10)11-4)8(14)7(15-6)5(2)13/h3,7,10H,1-2H3/t7-/m0/s1. The Morgan fingerprint density at radius 3 is 2.93 bits per heavy atom. The molecule has 0 radical (unpaired) electrons. The summed E-state index contributed by atoms with van der Waals surface area (Å²) in [5.74, 6) is -0.550. The molecule has 0 amide bonds. The summed E-state index contributed by atoms with van der Waals surface area (Å²) >= 11 is 1.18. The zero-order valence-corrected chi connectivity index (χ0v) is 9.09. The molecular formula is C9H9N3O2S. The summed E-state index contributed by atoms with van der Waals surface area (Å²) in [5.41, 5.74) is 0.571. The number of hydrogen-bond donors (Lipinski definition) is 1. The van der Waals surface area contributed by atoms with Crippen LogP contribution in [0.4, 0.5) is 0 Å². The van der Waals surface area contributed by atoms with Crippen molar-refractivity contribution >= 4 is 23.5 Å². The number of thioether (sulfide) groups is 1. The average molecular weight is 223 g/mol. The molecule has 15 heavy (non-hydrogen) atoms. The number of carbonyl (C=O) groups excluding carboxylic acids is 2. The van der Waals surface area contributed by atoms with Gasteiger partial charge < -0.3 is 0 Å². The number of aryl methyl sites for hydroxylation is 1. The Labute approximate surface area is 90.0 Å². The van der Waals surface area contributed by atoms with Gasteiger partial charge in [0.15, 0.2) is 5.78 Å². The molecule has 0 spiro atoms. The van der Waals surface area contributed by atoms with Gasteiger partial charge in [0.05, 0.1) is 5.03 Å². The molecule has 2 heterocycles. The van der Waals surface area contributed by atoms with Crippen LogP contribution in [-0.2, 0) is 4.79 Å². The summed E-state index contributed by atoms with van der Waals surface area (Å²) in [4.78, 5) is 26.8. The van der Waals surface area contributed by atoms with Crippen LogP contribution in [0.2, 0.25) is 0 Å². The lowest BCUT2D eigenvalue weighted by atomic mass is 10.3. The van der Waals surface area contributed by atoms with Gasteiger partial charge in [0.2, 0.25) is 5.62 Å². The van der Waals surface area contributed by atoms with Crippen LogP contribution >= 0.6 is 11.8 Å². The monoisotopic (exact) mass is 223 g/mol. The van der Waals surface area contributed by atoms with Crippen LogP contribution in [0.1, 0.15) is 17.4 Å². The van der Waals surface area contributed by atoms with Crippen LogP contribution in [-0.4, -0.2) is 26.5 Å². The summed E-state index contributed by atoms with van der Waals surface area (Å²) in [6, 6.07) is 1.71. The molecule has 6 heteroatoms. The first-order valence-electron chi connectivity index (χ1n) is 4.37. The quantitative estimate of drug-likeness (QED) is 0.551. The Morgan fingerprint density at radius 1 is 1.67 bits per heavy atom. The van der Waals surface area contributed by atoms with Gasteiger partial charge in [0.25, 0.3) is 5.91 Å². The van der Waals surface area contributed by atoms with Crippen LogP contribution in [0.5, 0.6) is 0 Å². The normalized spacial score (nSPS) is 19.1. The number of hydrogen-bond acceptors (Lipinski definition) is 5. The molecule has 1 atom stereocenters. The highest BCUT2D eigenvalue weighted by atomic mass is 32.2. The van der Waals surface area contributed by atoms with Crippen molar-refractivity contribution in [1.82, 2.24) is 9.55 Å². The van der Waals surface area contributed by atoms with Gasteiger partial charge in [-0.05, 0) is 19.9 Å². The third kappa shape index (κ3) is 1.50. The predicted molar refractivity (Wildman–Crippen MR) is 53.8 cm³/mol. The van der Waals surface area contributed by atoms with Crippen molar-refractivity contribution in [3.05, 3.63) is 17.4 Å². The van der Waals surface area contributed by atoms with E-state index in [2.05, 4.69) is 4.98 Å². The Kier molecular flexibility index (Phi) is 2.22. The topological polar surface area (TPSA) is 75.8 Å². The van der Waals surface area contributed by atoms with Crippen molar-refractivity contribution < 1.29 is 9.59 Å². The SMILES string of the molecule is CC(=O)[C@@H]1Sc2cc(C)nc(=N)n2C1=O. The van der Waals surface area contributed by atoms with Gasteiger partial charge >= 0.3 is 0 Å². The van der Waals surface area contributed by atoms with E-state index < -0.39 is 5.25 Å². The van der Waals surface area contributed by atoms with E-state index in [1.54, 1.807) is 13.0 Å². The minimum absolute atomic E-state index is 0.105. The van der Waals surface area contributed by atoms with Gasteiger partial charge in [0, 0.05) is 5.69 Å². The molecule has 1 aliphatic heterocycles. The molecule has 1 N–H and O–H groups in total. The lowest BCUT2D eigenvalue weighted by Crippen LogP contribution is -2.33. The van der Waals surface area contributed by atoms with Crippen LogP contribution in [0, 0.1) is 12.3 Å². The van der Waals surface area contributed by atoms with E-state index in [9.17, 15) is 9.59 Å². The minimum Gasteiger partial charge on any atom is -0.298 e. The van der Waals surface area contributed by atoms with Crippen molar-refractivity contribution in [2.24, 2.45) is 0 Å². The summed E-state index contributed by atoms with van der Waals surface area (Å²) in [7, 11) is 0. The molecule has 0 saturated heterocycles. The first-order valence-corrected chi connectivity index (χ1v) is 5.25. The van der Waals surface area contributed by atoms with E-state index in [0.29, 0.717) is 10.7 Å². The third-order valence-corrected chi connectivity index (χ3v) is 3.41. The second kappa shape index (κ2) is 3.30. The molecule has 2 rings (SSSR count). The average Bonchev–Trinajstić information content (AvgIpc) is 2.42. The number of rotatable bonds is 1. The molecule has 5 nitrogen and oxygen atoms in total. The van der Waals surface area contributed by atoms with Crippen molar-refractivity contribution in [2.45, 2.75) is 24.1 Å². The lowest BCUT2D eigenvalue weighted by molar-refractivity contribution is -0.115. The van der Waals surface area contributed by atoms with Crippen LogP contribution < -0.4 is 5.62 Å². The molecule has 0 fully saturated rings. The van der Waals surface area contributed by atoms with Gasteiger partial charge in [-0.1, -0.05) is 11.8 Å². The molecule has 0 unspecified atom stereocenters. The third-order valence-electron chi connectivity index (χ3n) is 2.10. The second-order valence-corrected chi connectivity index (χ2v) is 4.47. The zero-order valence-electron chi connectivity index (χ0n) is 8.27. The molecule has 0 aliphatic carbocycles. The van der Waals surface area contributed by atoms with E-state index in [-0.39, 0.29) is 17.3 Å². The fourth-order valence-electron chi connectivity index (χ4n) is 1.44. The molecule has 0 saturated carbocycles. The molecular weight excluding hydrogens is 214 g/mol. The number of aromatic nitrogens is 2. The Morgan fingerprint density at radius 2 is 2.33 bits per heavy atom. The van der Waals surface area contributed by atoms with Crippen molar-refractivity contribution in [3.8, 4) is 0 Å². The maximum atomic E-state index is 11.7. The molecule has 1 aliphatic rings. The highest BCUT2D eigenvalue weighted by Gasteiger charge is 2.35. The number of fused-ring (bicyclic) bond motifs is 1. The van der Waals surface area contributed by atoms with Crippen LogP contribution in [0.15, 0.2) is 11.1 Å². The van der Waals surface area contributed by atoms with Crippen molar-refractivity contribution in [2.75, 3.05) is 0 Å². The molecule has 0 bridgehead atoms. The smallest absolute Gasteiger partial charge is 0.255 e. The number of Topliss-reactive ketones (excluding diaryl/α,β-unsaturated/α-hetero) is 1. The van der Waals surface area contributed by atoms with Gasteiger partial charge in [-0.2, -0.15) is 0 Å². The maximum Gasteiger partial charge on any atom is 0.255 e. The van der Waals surface area contributed by atoms with E-state index in [1.807, 2.05) is 0 Å².